The van der Waals surface area contributed by atoms with Crippen LogP contribution in [0, 0.1) is 6.92 Å². The molecule has 1 aromatic carbocycles. The summed E-state index contributed by atoms with van der Waals surface area (Å²) in [4.78, 5) is 10.7. The van der Waals surface area contributed by atoms with Gasteiger partial charge in [0.25, 0.3) is 0 Å². The highest BCUT2D eigenvalue weighted by atomic mass is 16.5. The maximum atomic E-state index is 10.7. The van der Waals surface area contributed by atoms with Gasteiger partial charge >= 0.3 is 5.97 Å². The SMILES string of the molecule is COCc1ccc(C)c(C(=O)O)c1. The second-order valence-corrected chi connectivity index (χ2v) is 2.89. The van der Waals surface area contributed by atoms with Crippen LogP contribution in [0.15, 0.2) is 18.2 Å². The van der Waals surface area contributed by atoms with E-state index in [2.05, 4.69) is 0 Å². The van der Waals surface area contributed by atoms with Crippen LogP contribution >= 0.6 is 0 Å². The Labute approximate surface area is 77.0 Å². The lowest BCUT2D eigenvalue weighted by Crippen LogP contribution is -2.01. The van der Waals surface area contributed by atoms with Crippen molar-refractivity contribution in [3.8, 4) is 0 Å². The number of rotatable bonds is 3. The predicted octanol–water partition coefficient (Wildman–Crippen LogP) is 1.84. The third kappa shape index (κ3) is 2.29. The predicted molar refractivity (Wildman–Crippen MR) is 48.9 cm³/mol. The fraction of sp³-hybridized carbons (Fsp3) is 0.300. The molecule has 0 aliphatic carbocycles. The molecule has 0 aliphatic rings. The molecule has 0 heterocycles. The number of benzene rings is 1. The number of hydrogen-bond donors (Lipinski definition) is 1. The lowest BCUT2D eigenvalue weighted by Gasteiger charge is -2.04. The Morgan fingerprint density at radius 2 is 2.23 bits per heavy atom. The zero-order valence-corrected chi connectivity index (χ0v) is 7.70. The smallest absolute Gasteiger partial charge is 0.335 e. The zero-order valence-electron chi connectivity index (χ0n) is 7.70. The van der Waals surface area contributed by atoms with E-state index in [4.69, 9.17) is 9.84 Å². The summed E-state index contributed by atoms with van der Waals surface area (Å²) in [6.45, 7) is 2.22. The molecule has 1 rings (SSSR count). The summed E-state index contributed by atoms with van der Waals surface area (Å²) in [7, 11) is 1.58. The Hall–Kier alpha value is -1.35. The van der Waals surface area contributed by atoms with Crippen molar-refractivity contribution in [1.29, 1.82) is 0 Å². The van der Waals surface area contributed by atoms with Crippen molar-refractivity contribution in [2.45, 2.75) is 13.5 Å². The average molecular weight is 180 g/mol. The average Bonchev–Trinajstić information content (AvgIpc) is 2.08. The first-order valence-corrected chi connectivity index (χ1v) is 3.97. The molecular formula is C10H12O3. The molecule has 0 radical (unpaired) electrons. The van der Waals surface area contributed by atoms with Crippen LogP contribution < -0.4 is 0 Å². The van der Waals surface area contributed by atoms with Crippen molar-refractivity contribution >= 4 is 5.97 Å². The monoisotopic (exact) mass is 180 g/mol. The van der Waals surface area contributed by atoms with Crippen LogP contribution in [0.1, 0.15) is 21.5 Å². The summed E-state index contributed by atoms with van der Waals surface area (Å²) in [6, 6.07) is 5.30. The van der Waals surface area contributed by atoms with Crippen molar-refractivity contribution in [1.82, 2.24) is 0 Å². The van der Waals surface area contributed by atoms with Crippen LogP contribution in [0.3, 0.4) is 0 Å². The van der Waals surface area contributed by atoms with Crippen molar-refractivity contribution < 1.29 is 14.6 Å². The highest BCUT2D eigenvalue weighted by molar-refractivity contribution is 5.89. The van der Waals surface area contributed by atoms with Gasteiger partial charge in [-0.15, -0.1) is 0 Å². The number of carboxylic acid groups (broad SMARTS) is 1. The van der Waals surface area contributed by atoms with Gasteiger partial charge in [-0.1, -0.05) is 12.1 Å². The molecule has 1 N–H and O–H groups in total. The maximum absolute atomic E-state index is 10.7. The minimum atomic E-state index is -0.893. The zero-order chi connectivity index (χ0) is 9.84. The fourth-order valence-electron chi connectivity index (χ4n) is 1.16. The first-order valence-electron chi connectivity index (χ1n) is 3.97. The molecule has 3 heteroatoms. The van der Waals surface area contributed by atoms with Gasteiger partial charge in [-0.2, -0.15) is 0 Å². The standard InChI is InChI=1S/C10H12O3/c1-7-3-4-8(6-13-2)5-9(7)10(11)12/h3-5H,6H2,1-2H3,(H,11,12). The molecule has 0 saturated carbocycles. The Kier molecular flexibility index (Phi) is 3.03. The van der Waals surface area contributed by atoms with Gasteiger partial charge in [-0.3, -0.25) is 0 Å². The summed E-state index contributed by atoms with van der Waals surface area (Å²) in [5.74, 6) is -0.893. The molecule has 0 bridgehead atoms. The number of carboxylic acids is 1. The highest BCUT2D eigenvalue weighted by Gasteiger charge is 2.06. The van der Waals surface area contributed by atoms with Gasteiger partial charge in [0.1, 0.15) is 0 Å². The summed E-state index contributed by atoms with van der Waals surface area (Å²) >= 11 is 0. The third-order valence-electron chi connectivity index (χ3n) is 1.84. The molecule has 0 aromatic heterocycles. The first-order chi connectivity index (χ1) is 6.15. The molecule has 1 aromatic rings. The molecule has 70 valence electrons. The van der Waals surface area contributed by atoms with Crippen molar-refractivity contribution in [2.24, 2.45) is 0 Å². The van der Waals surface area contributed by atoms with E-state index in [0.717, 1.165) is 11.1 Å². The van der Waals surface area contributed by atoms with Crippen molar-refractivity contribution in [3.05, 3.63) is 34.9 Å². The summed E-state index contributed by atoms with van der Waals surface area (Å²) in [5, 5.41) is 8.82. The van der Waals surface area contributed by atoms with Gasteiger partial charge in [0, 0.05) is 7.11 Å². The second-order valence-electron chi connectivity index (χ2n) is 2.89. The molecular weight excluding hydrogens is 168 g/mol. The normalized spacial score (nSPS) is 10.0. The van der Waals surface area contributed by atoms with E-state index in [-0.39, 0.29) is 0 Å². The number of methoxy groups -OCH3 is 1. The molecule has 13 heavy (non-hydrogen) atoms. The second kappa shape index (κ2) is 4.05. The Bertz CT molecular complexity index is 318. The maximum Gasteiger partial charge on any atom is 0.335 e. The van der Waals surface area contributed by atoms with E-state index >= 15 is 0 Å². The van der Waals surface area contributed by atoms with Crippen LogP contribution in [-0.2, 0) is 11.3 Å². The summed E-state index contributed by atoms with van der Waals surface area (Å²) in [6.07, 6.45) is 0. The Morgan fingerprint density at radius 1 is 1.54 bits per heavy atom. The van der Waals surface area contributed by atoms with Gasteiger partial charge in [0.2, 0.25) is 0 Å². The highest BCUT2D eigenvalue weighted by Crippen LogP contribution is 2.11. The van der Waals surface area contributed by atoms with Crippen LogP contribution in [0.2, 0.25) is 0 Å². The number of aryl methyl sites for hydroxylation is 1. The van der Waals surface area contributed by atoms with Gasteiger partial charge in [-0.05, 0) is 24.1 Å². The molecule has 0 spiro atoms. The van der Waals surface area contributed by atoms with Crippen molar-refractivity contribution in [3.63, 3.8) is 0 Å². The molecule has 3 nitrogen and oxygen atoms in total. The van der Waals surface area contributed by atoms with Crippen LogP contribution in [0.4, 0.5) is 0 Å². The third-order valence-corrected chi connectivity index (χ3v) is 1.84. The minimum absolute atomic E-state index is 0.342. The number of carbonyl (C=O) groups is 1. The molecule has 0 atom stereocenters. The van der Waals surface area contributed by atoms with Crippen LogP contribution in [-0.4, -0.2) is 18.2 Å². The van der Waals surface area contributed by atoms with Gasteiger partial charge in [0.05, 0.1) is 12.2 Å². The molecule has 0 fully saturated rings. The fourth-order valence-corrected chi connectivity index (χ4v) is 1.16. The van der Waals surface area contributed by atoms with E-state index in [1.165, 1.54) is 0 Å². The summed E-state index contributed by atoms with van der Waals surface area (Å²) in [5.41, 5.74) is 1.99. The van der Waals surface area contributed by atoms with E-state index in [0.29, 0.717) is 12.2 Å². The topological polar surface area (TPSA) is 46.5 Å². The van der Waals surface area contributed by atoms with E-state index in [1.54, 1.807) is 26.2 Å². The lowest BCUT2D eigenvalue weighted by molar-refractivity contribution is 0.0696. The molecule has 0 saturated heterocycles. The molecule has 0 aliphatic heterocycles. The first kappa shape index (κ1) is 9.74. The molecule has 0 unspecified atom stereocenters. The molecule has 0 amide bonds. The van der Waals surface area contributed by atoms with Crippen LogP contribution in [0.5, 0.6) is 0 Å². The van der Waals surface area contributed by atoms with Gasteiger partial charge < -0.3 is 9.84 Å². The largest absolute Gasteiger partial charge is 0.478 e. The number of aromatic carboxylic acids is 1. The van der Waals surface area contributed by atoms with Gasteiger partial charge in [0.15, 0.2) is 0 Å². The van der Waals surface area contributed by atoms with E-state index in [9.17, 15) is 4.79 Å². The van der Waals surface area contributed by atoms with Gasteiger partial charge in [-0.25, -0.2) is 4.79 Å². The number of hydrogen-bond acceptors (Lipinski definition) is 2. The summed E-state index contributed by atoms with van der Waals surface area (Å²) < 4.78 is 4.91. The minimum Gasteiger partial charge on any atom is -0.478 e. The van der Waals surface area contributed by atoms with Crippen molar-refractivity contribution in [2.75, 3.05) is 7.11 Å². The number of ether oxygens (including phenoxy) is 1. The Morgan fingerprint density at radius 3 is 2.77 bits per heavy atom. The Balaban J connectivity index is 3.04. The van der Waals surface area contributed by atoms with Crippen LogP contribution in [0.25, 0.3) is 0 Å². The quantitative estimate of drug-likeness (QED) is 0.772. The van der Waals surface area contributed by atoms with E-state index in [1.807, 2.05) is 6.07 Å². The lowest BCUT2D eigenvalue weighted by atomic mass is 10.1. The van der Waals surface area contributed by atoms with E-state index < -0.39 is 5.97 Å².